The van der Waals surface area contributed by atoms with Crippen molar-refractivity contribution in [3.8, 4) is 0 Å². The Bertz CT molecular complexity index is 240. The molecule has 5 nitrogen and oxygen atoms in total. The van der Waals surface area contributed by atoms with E-state index in [4.69, 9.17) is 0 Å². The Balaban J connectivity index is 2.95. The number of nitrogens with zero attached hydrogens (tertiary/aromatic N) is 2. The summed E-state index contributed by atoms with van der Waals surface area (Å²) in [4.78, 5) is 34.2. The Morgan fingerprint density at radius 2 is 1.82 bits per heavy atom. The predicted octanol–water partition coefficient (Wildman–Crippen LogP) is -0.241. The first-order chi connectivity index (χ1) is 5.09. The third-order valence-electron chi connectivity index (χ3n) is 1.37. The van der Waals surface area contributed by atoms with Gasteiger partial charge in [0.1, 0.15) is 0 Å². The quantitative estimate of drug-likeness (QED) is 0.265. The maximum Gasteiger partial charge on any atom is 0.334 e. The summed E-state index contributed by atoms with van der Waals surface area (Å²) < 4.78 is 0. The molecule has 60 valence electrons. The van der Waals surface area contributed by atoms with Crippen LogP contribution >= 0.6 is 15.9 Å². The van der Waals surface area contributed by atoms with E-state index in [1.165, 1.54) is 7.05 Å². The minimum absolute atomic E-state index is 0.0563. The van der Waals surface area contributed by atoms with Gasteiger partial charge in [-0.15, -0.1) is 0 Å². The summed E-state index contributed by atoms with van der Waals surface area (Å²) in [5, 5.41) is 0. The zero-order chi connectivity index (χ0) is 8.59. The van der Waals surface area contributed by atoms with E-state index in [0.29, 0.717) is 0 Å². The van der Waals surface area contributed by atoms with Crippen molar-refractivity contribution < 1.29 is 14.4 Å². The van der Waals surface area contributed by atoms with Crippen molar-refractivity contribution in [3.63, 3.8) is 0 Å². The maximum absolute atomic E-state index is 10.9. The van der Waals surface area contributed by atoms with Crippen molar-refractivity contribution in [1.29, 1.82) is 0 Å². The second-order valence-electron chi connectivity index (χ2n) is 2.00. The van der Waals surface area contributed by atoms with E-state index >= 15 is 0 Å². The lowest BCUT2D eigenvalue weighted by Crippen LogP contribution is -2.30. The highest BCUT2D eigenvalue weighted by molar-refractivity contribution is 9.09. The summed E-state index contributed by atoms with van der Waals surface area (Å²) in [6, 6.07) is -0.586. The molecule has 1 rings (SSSR count). The van der Waals surface area contributed by atoms with Gasteiger partial charge in [0.25, 0.3) is 0 Å². The molecule has 1 aliphatic rings. The molecule has 1 fully saturated rings. The maximum atomic E-state index is 10.9. The van der Waals surface area contributed by atoms with E-state index in [2.05, 4.69) is 15.9 Å². The number of carbonyl (C=O) groups excluding carboxylic acids is 3. The highest BCUT2D eigenvalue weighted by Crippen LogP contribution is 2.10. The fourth-order valence-corrected chi connectivity index (χ4v) is 1.16. The molecule has 1 heterocycles. The molecule has 0 aliphatic carbocycles. The minimum Gasteiger partial charge on any atom is -0.263 e. The zero-order valence-electron chi connectivity index (χ0n) is 5.70. The highest BCUT2D eigenvalue weighted by atomic mass is 79.9. The normalized spacial score (nSPS) is 18.5. The number of halogens is 1. The first kappa shape index (κ1) is 8.19. The summed E-state index contributed by atoms with van der Waals surface area (Å²) in [5.41, 5.74) is 0.0563. The predicted molar refractivity (Wildman–Crippen MR) is 38.8 cm³/mol. The lowest BCUT2D eigenvalue weighted by molar-refractivity contribution is -0.142. The average Bonchev–Trinajstić information content (AvgIpc) is 2.17. The summed E-state index contributed by atoms with van der Waals surface area (Å²) in [7, 11) is 1.27. The van der Waals surface area contributed by atoms with Crippen LogP contribution in [-0.4, -0.2) is 40.1 Å². The van der Waals surface area contributed by atoms with Gasteiger partial charge in [0.05, 0.1) is 5.45 Å². The lowest BCUT2D eigenvalue weighted by atomic mass is 10.6. The molecule has 0 spiro atoms. The monoisotopic (exact) mass is 220 g/mol. The molecular formula is C5H5BrN2O3. The van der Waals surface area contributed by atoms with E-state index in [1.807, 2.05) is 0 Å². The van der Waals surface area contributed by atoms with E-state index in [1.54, 1.807) is 0 Å². The van der Waals surface area contributed by atoms with E-state index in [9.17, 15) is 14.4 Å². The van der Waals surface area contributed by atoms with Gasteiger partial charge >= 0.3 is 17.8 Å². The van der Waals surface area contributed by atoms with Crippen LogP contribution < -0.4 is 0 Å². The van der Waals surface area contributed by atoms with Gasteiger partial charge in [-0.3, -0.25) is 14.5 Å². The third kappa shape index (κ3) is 1.03. The van der Waals surface area contributed by atoms with Crippen molar-refractivity contribution in [2.24, 2.45) is 0 Å². The van der Waals surface area contributed by atoms with Gasteiger partial charge in [-0.1, -0.05) is 15.9 Å². The number of alkyl halides is 1. The van der Waals surface area contributed by atoms with Crippen molar-refractivity contribution >= 4 is 33.8 Å². The van der Waals surface area contributed by atoms with Crippen molar-refractivity contribution in [2.45, 2.75) is 0 Å². The number of hydrogen-bond donors (Lipinski definition) is 0. The average molecular weight is 221 g/mol. The fourth-order valence-electron chi connectivity index (χ4n) is 0.719. The fraction of sp³-hybridized carbons (Fsp3) is 0.400. The van der Waals surface area contributed by atoms with Gasteiger partial charge < -0.3 is 0 Å². The molecule has 0 N–H and O–H groups in total. The summed E-state index contributed by atoms with van der Waals surface area (Å²) in [6.07, 6.45) is 0. The molecule has 0 atom stereocenters. The summed E-state index contributed by atoms with van der Waals surface area (Å²) in [6.45, 7) is 0. The Hall–Kier alpha value is -0.910. The zero-order valence-corrected chi connectivity index (χ0v) is 7.29. The Morgan fingerprint density at radius 3 is 2.00 bits per heavy atom. The van der Waals surface area contributed by atoms with E-state index < -0.39 is 17.8 Å². The second-order valence-corrected chi connectivity index (χ2v) is 2.50. The first-order valence-electron chi connectivity index (χ1n) is 2.79. The molecule has 6 heteroatoms. The van der Waals surface area contributed by atoms with Gasteiger partial charge in [0, 0.05) is 7.05 Å². The van der Waals surface area contributed by atoms with Crippen LogP contribution in [0.25, 0.3) is 0 Å². The minimum atomic E-state index is -0.783. The largest absolute Gasteiger partial charge is 0.334 e. The molecule has 0 saturated carbocycles. The lowest BCUT2D eigenvalue weighted by Gasteiger charge is -2.06. The molecule has 0 bridgehead atoms. The van der Waals surface area contributed by atoms with Crippen molar-refractivity contribution in [2.75, 3.05) is 12.5 Å². The molecular weight excluding hydrogens is 216 g/mol. The van der Waals surface area contributed by atoms with Crippen LogP contribution in [0.15, 0.2) is 0 Å². The van der Waals surface area contributed by atoms with Gasteiger partial charge in [-0.05, 0) is 0 Å². The van der Waals surface area contributed by atoms with Crippen LogP contribution in [0.2, 0.25) is 0 Å². The van der Waals surface area contributed by atoms with Crippen LogP contribution in [0.4, 0.5) is 4.79 Å². The van der Waals surface area contributed by atoms with Gasteiger partial charge in [-0.2, -0.15) is 0 Å². The Labute approximate surface area is 71.1 Å². The topological polar surface area (TPSA) is 57.7 Å². The van der Waals surface area contributed by atoms with Crippen LogP contribution in [0.5, 0.6) is 0 Å². The number of rotatable bonds is 1. The van der Waals surface area contributed by atoms with Crippen LogP contribution in [0.1, 0.15) is 0 Å². The molecule has 1 aliphatic heterocycles. The number of imide groups is 2. The van der Waals surface area contributed by atoms with Crippen molar-refractivity contribution in [1.82, 2.24) is 9.80 Å². The number of hydrogen-bond acceptors (Lipinski definition) is 3. The summed E-state index contributed by atoms with van der Waals surface area (Å²) in [5.74, 6) is -1.57. The Morgan fingerprint density at radius 1 is 1.27 bits per heavy atom. The molecule has 4 amide bonds. The number of urea groups is 1. The Kier molecular flexibility index (Phi) is 1.95. The molecule has 0 aromatic heterocycles. The number of amides is 4. The van der Waals surface area contributed by atoms with Crippen LogP contribution in [0.3, 0.4) is 0 Å². The van der Waals surface area contributed by atoms with Gasteiger partial charge in [-0.25, -0.2) is 9.69 Å². The van der Waals surface area contributed by atoms with Gasteiger partial charge in [0.2, 0.25) is 0 Å². The second kappa shape index (κ2) is 2.61. The molecule has 0 radical (unpaired) electrons. The number of likely N-dealkylation sites (N-methyl/N-ethyl adjacent to an activating group) is 1. The SMILES string of the molecule is CN1C(=O)C(=O)N(CBr)C1=O. The standard InChI is InChI=1S/C5H5BrN2O3/c1-7-3(9)4(10)8(2-6)5(7)11/h2H2,1H3. The van der Waals surface area contributed by atoms with Crippen LogP contribution in [0, 0.1) is 0 Å². The number of carbonyl (C=O) groups is 3. The molecule has 0 aromatic carbocycles. The van der Waals surface area contributed by atoms with Gasteiger partial charge in [0.15, 0.2) is 0 Å². The molecule has 11 heavy (non-hydrogen) atoms. The van der Waals surface area contributed by atoms with Crippen molar-refractivity contribution in [3.05, 3.63) is 0 Å². The van der Waals surface area contributed by atoms with E-state index in [0.717, 1.165) is 9.80 Å². The van der Waals surface area contributed by atoms with Crippen LogP contribution in [-0.2, 0) is 9.59 Å². The molecule has 0 aromatic rings. The first-order valence-corrected chi connectivity index (χ1v) is 3.91. The smallest absolute Gasteiger partial charge is 0.263 e. The third-order valence-corrected chi connectivity index (χ3v) is 1.87. The van der Waals surface area contributed by atoms with E-state index in [-0.39, 0.29) is 5.45 Å². The highest BCUT2D eigenvalue weighted by Gasteiger charge is 2.41. The molecule has 0 unspecified atom stereocenters. The summed E-state index contributed by atoms with van der Waals surface area (Å²) >= 11 is 2.92. The molecule has 1 saturated heterocycles.